The standard InChI is InChI=1S/C14H12ClFO4S/c1-2-19-10-3-5-11(6-4-10)20-21(17,18)12-7-8-14(16)13(15)9-12/h3-9H,2H2,1H3. The quantitative estimate of drug-likeness (QED) is 0.785. The Hall–Kier alpha value is -1.79. The average Bonchev–Trinajstić information content (AvgIpc) is 2.44. The summed E-state index contributed by atoms with van der Waals surface area (Å²) in [6.07, 6.45) is 0. The van der Waals surface area contributed by atoms with Crippen molar-refractivity contribution < 1.29 is 21.7 Å². The minimum absolute atomic E-state index is 0.124. The normalized spacial score (nSPS) is 11.2. The van der Waals surface area contributed by atoms with Crippen molar-refractivity contribution in [3.8, 4) is 11.5 Å². The predicted octanol–water partition coefficient (Wildman–Crippen LogP) is 3.65. The van der Waals surface area contributed by atoms with Crippen molar-refractivity contribution in [1.82, 2.24) is 0 Å². The molecule has 2 aromatic carbocycles. The first-order valence-electron chi connectivity index (χ1n) is 6.05. The predicted molar refractivity (Wildman–Crippen MR) is 76.8 cm³/mol. The second-order valence-electron chi connectivity index (χ2n) is 4.02. The maximum atomic E-state index is 13.0. The third-order valence-electron chi connectivity index (χ3n) is 2.52. The molecule has 2 aromatic rings. The van der Waals surface area contributed by atoms with Crippen molar-refractivity contribution in [3.63, 3.8) is 0 Å². The van der Waals surface area contributed by atoms with Crippen LogP contribution >= 0.6 is 11.6 Å². The molecule has 0 aliphatic carbocycles. The van der Waals surface area contributed by atoms with E-state index in [0.717, 1.165) is 18.2 Å². The molecule has 0 N–H and O–H groups in total. The van der Waals surface area contributed by atoms with Gasteiger partial charge >= 0.3 is 10.1 Å². The molecule has 2 rings (SSSR count). The van der Waals surface area contributed by atoms with Gasteiger partial charge < -0.3 is 8.92 Å². The summed E-state index contributed by atoms with van der Waals surface area (Å²) in [6, 6.07) is 9.17. The van der Waals surface area contributed by atoms with Crippen LogP contribution in [0, 0.1) is 5.82 Å². The van der Waals surface area contributed by atoms with Gasteiger partial charge in [0.05, 0.1) is 11.6 Å². The van der Waals surface area contributed by atoms with Gasteiger partial charge in [-0.05, 0) is 49.4 Å². The summed E-state index contributed by atoms with van der Waals surface area (Å²) < 4.78 is 47.3. The van der Waals surface area contributed by atoms with Crippen LogP contribution in [0.5, 0.6) is 11.5 Å². The second-order valence-corrected chi connectivity index (χ2v) is 5.97. The van der Waals surface area contributed by atoms with Gasteiger partial charge in [0, 0.05) is 0 Å². The summed E-state index contributed by atoms with van der Waals surface area (Å²) in [7, 11) is -4.07. The molecule has 0 aliphatic rings. The summed E-state index contributed by atoms with van der Waals surface area (Å²) in [5, 5.41) is -0.286. The summed E-state index contributed by atoms with van der Waals surface area (Å²) in [4.78, 5) is -0.220. The number of benzene rings is 2. The Balaban J connectivity index is 2.22. The fourth-order valence-corrected chi connectivity index (χ4v) is 2.77. The first-order valence-corrected chi connectivity index (χ1v) is 7.83. The monoisotopic (exact) mass is 330 g/mol. The molecule has 4 nitrogen and oxygen atoms in total. The summed E-state index contributed by atoms with van der Waals surface area (Å²) in [5.41, 5.74) is 0. The smallest absolute Gasteiger partial charge is 0.339 e. The highest BCUT2D eigenvalue weighted by Crippen LogP contribution is 2.24. The molecule has 0 saturated heterocycles. The van der Waals surface area contributed by atoms with Gasteiger partial charge in [0.25, 0.3) is 0 Å². The van der Waals surface area contributed by atoms with Crippen LogP contribution in [-0.2, 0) is 10.1 Å². The van der Waals surface area contributed by atoms with Crippen LogP contribution in [0.3, 0.4) is 0 Å². The van der Waals surface area contributed by atoms with E-state index in [1.807, 2.05) is 6.92 Å². The molecule has 0 saturated carbocycles. The molecule has 0 heterocycles. The Labute approximate surface area is 127 Å². The molecule has 21 heavy (non-hydrogen) atoms. The van der Waals surface area contributed by atoms with Gasteiger partial charge in [-0.1, -0.05) is 11.6 Å². The molecule has 7 heteroatoms. The number of hydrogen-bond acceptors (Lipinski definition) is 4. The molecule has 0 atom stereocenters. The van der Waals surface area contributed by atoms with Crippen molar-refractivity contribution in [3.05, 3.63) is 53.3 Å². The lowest BCUT2D eigenvalue weighted by atomic mass is 10.3. The van der Waals surface area contributed by atoms with E-state index >= 15 is 0 Å². The van der Waals surface area contributed by atoms with Crippen molar-refractivity contribution >= 4 is 21.7 Å². The Morgan fingerprint density at radius 3 is 2.29 bits per heavy atom. The van der Waals surface area contributed by atoms with Crippen LogP contribution in [0.4, 0.5) is 4.39 Å². The number of ether oxygens (including phenoxy) is 1. The van der Waals surface area contributed by atoms with Gasteiger partial charge in [0.1, 0.15) is 22.2 Å². The van der Waals surface area contributed by atoms with Crippen LogP contribution in [0.2, 0.25) is 5.02 Å². The van der Waals surface area contributed by atoms with E-state index in [-0.39, 0.29) is 15.7 Å². The third kappa shape index (κ3) is 3.86. The zero-order valence-electron chi connectivity index (χ0n) is 11.0. The average molecular weight is 331 g/mol. The summed E-state index contributed by atoms with van der Waals surface area (Å²) in [5.74, 6) is 0.0302. The molecular weight excluding hydrogens is 319 g/mol. The highest BCUT2D eigenvalue weighted by Gasteiger charge is 2.18. The Morgan fingerprint density at radius 1 is 1.10 bits per heavy atom. The van der Waals surface area contributed by atoms with E-state index in [1.165, 1.54) is 12.1 Å². The van der Waals surface area contributed by atoms with E-state index < -0.39 is 15.9 Å². The molecule has 0 spiro atoms. The minimum Gasteiger partial charge on any atom is -0.494 e. The highest BCUT2D eigenvalue weighted by atomic mass is 35.5. The lowest BCUT2D eigenvalue weighted by Crippen LogP contribution is -2.09. The molecular formula is C14H12ClFO4S. The van der Waals surface area contributed by atoms with Crippen LogP contribution in [0.25, 0.3) is 0 Å². The lowest BCUT2D eigenvalue weighted by molar-refractivity contribution is 0.340. The lowest BCUT2D eigenvalue weighted by Gasteiger charge is -2.08. The molecule has 0 aliphatic heterocycles. The molecule has 0 unspecified atom stereocenters. The summed E-state index contributed by atoms with van der Waals surface area (Å²) >= 11 is 5.57. The first kappa shape index (κ1) is 15.6. The summed E-state index contributed by atoms with van der Waals surface area (Å²) in [6.45, 7) is 2.35. The van der Waals surface area contributed by atoms with Crippen LogP contribution in [-0.4, -0.2) is 15.0 Å². The van der Waals surface area contributed by atoms with Crippen molar-refractivity contribution in [1.29, 1.82) is 0 Å². The van der Waals surface area contributed by atoms with Gasteiger partial charge in [0.2, 0.25) is 0 Å². The second kappa shape index (κ2) is 6.32. The molecule has 0 amide bonds. The minimum atomic E-state index is -4.07. The largest absolute Gasteiger partial charge is 0.494 e. The van der Waals surface area contributed by atoms with E-state index in [1.54, 1.807) is 12.1 Å². The SMILES string of the molecule is CCOc1ccc(OS(=O)(=O)c2ccc(F)c(Cl)c2)cc1. The van der Waals surface area contributed by atoms with Crippen LogP contribution in [0.1, 0.15) is 6.92 Å². The van der Waals surface area contributed by atoms with Crippen molar-refractivity contribution in [2.24, 2.45) is 0 Å². The van der Waals surface area contributed by atoms with E-state index in [2.05, 4.69) is 0 Å². The van der Waals surface area contributed by atoms with Gasteiger partial charge in [-0.3, -0.25) is 0 Å². The van der Waals surface area contributed by atoms with Gasteiger partial charge in [-0.15, -0.1) is 0 Å². The molecule has 0 aromatic heterocycles. The Bertz CT molecular complexity index is 729. The van der Waals surface area contributed by atoms with Crippen LogP contribution in [0.15, 0.2) is 47.4 Å². The molecule has 0 radical (unpaired) electrons. The zero-order chi connectivity index (χ0) is 15.5. The fraction of sp³-hybridized carbons (Fsp3) is 0.143. The van der Waals surface area contributed by atoms with Crippen molar-refractivity contribution in [2.75, 3.05) is 6.61 Å². The first-order chi connectivity index (χ1) is 9.92. The maximum Gasteiger partial charge on any atom is 0.339 e. The fourth-order valence-electron chi connectivity index (χ4n) is 1.57. The number of hydrogen-bond donors (Lipinski definition) is 0. The van der Waals surface area contributed by atoms with Gasteiger partial charge in [0.15, 0.2) is 0 Å². The van der Waals surface area contributed by atoms with Crippen molar-refractivity contribution in [2.45, 2.75) is 11.8 Å². The Morgan fingerprint density at radius 2 is 1.71 bits per heavy atom. The number of rotatable bonds is 5. The zero-order valence-corrected chi connectivity index (χ0v) is 12.6. The Kier molecular flexibility index (Phi) is 4.69. The maximum absolute atomic E-state index is 13.0. The van der Waals surface area contributed by atoms with E-state index in [9.17, 15) is 12.8 Å². The van der Waals surface area contributed by atoms with Gasteiger partial charge in [-0.25, -0.2) is 4.39 Å². The number of halogens is 2. The third-order valence-corrected chi connectivity index (χ3v) is 4.05. The molecule has 0 bridgehead atoms. The highest BCUT2D eigenvalue weighted by molar-refractivity contribution is 7.87. The van der Waals surface area contributed by atoms with E-state index in [4.69, 9.17) is 20.5 Å². The topological polar surface area (TPSA) is 52.6 Å². The van der Waals surface area contributed by atoms with E-state index in [0.29, 0.717) is 12.4 Å². The molecule has 0 fully saturated rings. The van der Waals surface area contributed by atoms with Crippen LogP contribution < -0.4 is 8.92 Å². The molecule has 112 valence electrons. The van der Waals surface area contributed by atoms with Gasteiger partial charge in [-0.2, -0.15) is 8.42 Å².